The highest BCUT2D eigenvalue weighted by atomic mass is 33.1. The van der Waals surface area contributed by atoms with Crippen LogP contribution < -0.4 is 10.3 Å². The number of aliphatic hydroxyl groups is 1. The lowest BCUT2D eigenvalue weighted by molar-refractivity contribution is 0.0672. The maximum absolute atomic E-state index is 14.1. The SMILES string of the molecule is C[C@H](Cn1cnc2c(N)ncnc21)OCP(=O)(Oc1cccc(F)c1)OC1CSSC(c2ccccc2CO)C1. The molecule has 2 aromatic carbocycles. The molecular weight excluding hydrogens is 576 g/mol. The number of aromatic nitrogens is 4. The first-order valence-electron chi connectivity index (χ1n) is 12.6. The van der Waals surface area contributed by atoms with Gasteiger partial charge in [-0.15, -0.1) is 0 Å². The van der Waals surface area contributed by atoms with E-state index in [4.69, 9.17) is 19.5 Å². The number of halogens is 1. The van der Waals surface area contributed by atoms with Gasteiger partial charge in [0.25, 0.3) is 0 Å². The molecule has 40 heavy (non-hydrogen) atoms. The predicted octanol–water partition coefficient (Wildman–Crippen LogP) is 5.59. The van der Waals surface area contributed by atoms with Crippen molar-refractivity contribution >= 4 is 46.2 Å². The lowest BCUT2D eigenvalue weighted by Gasteiger charge is -2.32. The van der Waals surface area contributed by atoms with Crippen molar-refractivity contribution in [2.24, 2.45) is 0 Å². The molecular formula is C26H29FN5O5PS2. The Labute approximate surface area is 238 Å². The van der Waals surface area contributed by atoms with Gasteiger partial charge in [-0.2, -0.15) is 0 Å². The number of fused-ring (bicyclic) bond motifs is 1. The Balaban J connectivity index is 1.30. The molecule has 0 amide bonds. The van der Waals surface area contributed by atoms with Gasteiger partial charge in [0.1, 0.15) is 23.4 Å². The summed E-state index contributed by atoms with van der Waals surface area (Å²) < 4.78 is 47.7. The molecule has 3 N–H and O–H groups in total. The number of nitrogens with zero attached hydrogens (tertiary/aromatic N) is 4. The average molecular weight is 606 g/mol. The number of rotatable bonds is 11. The number of nitrogens with two attached hydrogens (primary N) is 1. The van der Waals surface area contributed by atoms with E-state index in [1.807, 2.05) is 31.2 Å². The highest BCUT2D eigenvalue weighted by Crippen LogP contribution is 2.55. The van der Waals surface area contributed by atoms with Crippen molar-refractivity contribution in [3.8, 4) is 5.75 Å². The molecule has 0 spiro atoms. The summed E-state index contributed by atoms with van der Waals surface area (Å²) in [5.41, 5.74) is 8.79. The monoisotopic (exact) mass is 605 g/mol. The summed E-state index contributed by atoms with van der Waals surface area (Å²) in [4.78, 5) is 12.5. The van der Waals surface area contributed by atoms with Crippen molar-refractivity contribution in [3.05, 3.63) is 78.1 Å². The summed E-state index contributed by atoms with van der Waals surface area (Å²) in [6, 6.07) is 13.1. The number of anilines is 1. The molecule has 0 saturated carbocycles. The van der Waals surface area contributed by atoms with E-state index in [1.54, 1.807) is 32.5 Å². The van der Waals surface area contributed by atoms with Crippen LogP contribution in [0.1, 0.15) is 29.7 Å². The molecule has 0 bridgehead atoms. The third-order valence-electron chi connectivity index (χ3n) is 6.24. The topological polar surface area (TPSA) is 135 Å². The molecule has 1 saturated heterocycles. The van der Waals surface area contributed by atoms with Gasteiger partial charge >= 0.3 is 7.60 Å². The lowest BCUT2D eigenvalue weighted by atomic mass is 10.0. The molecule has 1 aliphatic heterocycles. The van der Waals surface area contributed by atoms with Gasteiger partial charge in [-0.1, -0.05) is 51.9 Å². The Morgan fingerprint density at radius 1 is 1.23 bits per heavy atom. The smallest absolute Gasteiger partial charge is 0.405 e. The Morgan fingerprint density at radius 2 is 2.08 bits per heavy atom. The number of imidazole rings is 1. The first-order chi connectivity index (χ1) is 19.3. The van der Waals surface area contributed by atoms with E-state index in [1.165, 1.54) is 24.5 Å². The van der Waals surface area contributed by atoms with Crippen molar-refractivity contribution in [3.63, 3.8) is 0 Å². The van der Waals surface area contributed by atoms with Crippen molar-refractivity contribution in [1.29, 1.82) is 0 Å². The van der Waals surface area contributed by atoms with Crippen LogP contribution in [-0.2, 0) is 27.0 Å². The van der Waals surface area contributed by atoms with E-state index in [0.29, 0.717) is 29.9 Å². The van der Waals surface area contributed by atoms with Gasteiger partial charge < -0.3 is 24.7 Å². The zero-order chi connectivity index (χ0) is 28.1. The van der Waals surface area contributed by atoms with Gasteiger partial charge in [0.15, 0.2) is 17.8 Å². The van der Waals surface area contributed by atoms with Crippen LogP contribution in [0, 0.1) is 5.82 Å². The first kappa shape index (κ1) is 28.8. The van der Waals surface area contributed by atoms with Crippen LogP contribution in [0.4, 0.5) is 10.2 Å². The second-order valence-electron chi connectivity index (χ2n) is 9.28. The fraction of sp³-hybridized carbons (Fsp3) is 0.346. The molecule has 1 aliphatic rings. The minimum absolute atomic E-state index is 0.0264. The Bertz CT molecular complexity index is 1510. The van der Waals surface area contributed by atoms with Crippen molar-refractivity contribution in [2.75, 3.05) is 17.8 Å². The molecule has 0 aliphatic carbocycles. The van der Waals surface area contributed by atoms with Crippen LogP contribution in [0.3, 0.4) is 0 Å². The zero-order valence-electron chi connectivity index (χ0n) is 21.6. The maximum atomic E-state index is 14.1. The molecule has 3 unspecified atom stereocenters. The number of ether oxygens (including phenoxy) is 1. The summed E-state index contributed by atoms with van der Waals surface area (Å²) in [5, 5.41) is 9.82. The van der Waals surface area contributed by atoms with Gasteiger partial charge in [-0.3, -0.25) is 4.52 Å². The Kier molecular flexibility index (Phi) is 9.29. The van der Waals surface area contributed by atoms with Gasteiger partial charge in [-0.05, 0) is 36.6 Å². The van der Waals surface area contributed by atoms with Gasteiger partial charge in [0, 0.05) is 17.1 Å². The van der Waals surface area contributed by atoms with E-state index >= 15 is 0 Å². The molecule has 4 atom stereocenters. The molecule has 10 nitrogen and oxygen atoms in total. The lowest BCUT2D eigenvalue weighted by Crippen LogP contribution is -2.24. The molecule has 4 aromatic rings. The largest absolute Gasteiger partial charge is 0.423 e. The number of benzene rings is 2. The normalized spacial score (nSPS) is 19.8. The van der Waals surface area contributed by atoms with Gasteiger partial charge in [0.05, 0.1) is 31.7 Å². The molecule has 0 radical (unpaired) electrons. The number of hydrogen-bond donors (Lipinski definition) is 2. The van der Waals surface area contributed by atoms with E-state index in [-0.39, 0.29) is 29.8 Å². The molecule has 14 heteroatoms. The van der Waals surface area contributed by atoms with Crippen LogP contribution >= 0.6 is 29.2 Å². The summed E-state index contributed by atoms with van der Waals surface area (Å²) in [6.45, 7) is 2.10. The number of hydrogen-bond acceptors (Lipinski definition) is 11. The Morgan fingerprint density at radius 3 is 2.90 bits per heavy atom. The van der Waals surface area contributed by atoms with E-state index in [9.17, 15) is 14.1 Å². The van der Waals surface area contributed by atoms with Crippen molar-refractivity contribution in [2.45, 2.75) is 44.0 Å². The second kappa shape index (κ2) is 12.9. The Hall–Kier alpha value is -2.67. The highest BCUT2D eigenvalue weighted by Gasteiger charge is 2.36. The van der Waals surface area contributed by atoms with Gasteiger partial charge in [0.2, 0.25) is 0 Å². The summed E-state index contributed by atoms with van der Waals surface area (Å²) in [7, 11) is -0.604. The summed E-state index contributed by atoms with van der Waals surface area (Å²) in [6.07, 6.45) is 2.32. The molecule has 3 heterocycles. The quantitative estimate of drug-likeness (QED) is 0.164. The third-order valence-corrected chi connectivity index (χ3v) is 10.6. The minimum atomic E-state index is -3.90. The van der Waals surface area contributed by atoms with E-state index < -0.39 is 25.6 Å². The highest BCUT2D eigenvalue weighted by molar-refractivity contribution is 8.76. The van der Waals surface area contributed by atoms with Crippen LogP contribution in [0.5, 0.6) is 5.75 Å². The van der Waals surface area contributed by atoms with Crippen LogP contribution in [0.15, 0.2) is 61.2 Å². The number of aliphatic hydroxyl groups excluding tert-OH is 1. The van der Waals surface area contributed by atoms with Crippen molar-refractivity contribution in [1.82, 2.24) is 19.5 Å². The van der Waals surface area contributed by atoms with Gasteiger partial charge in [-0.25, -0.2) is 23.9 Å². The second-order valence-corrected chi connectivity index (χ2v) is 13.8. The van der Waals surface area contributed by atoms with E-state index in [0.717, 1.165) is 17.2 Å². The molecule has 5 rings (SSSR count). The molecule has 1 fully saturated rings. The third kappa shape index (κ3) is 6.96. The van der Waals surface area contributed by atoms with E-state index in [2.05, 4.69) is 15.0 Å². The van der Waals surface area contributed by atoms with Crippen molar-refractivity contribution < 1.29 is 27.8 Å². The van der Waals surface area contributed by atoms with Crippen LogP contribution in [0.2, 0.25) is 0 Å². The summed E-state index contributed by atoms with van der Waals surface area (Å²) in [5.74, 6) is 0.433. The predicted molar refractivity (Wildman–Crippen MR) is 154 cm³/mol. The maximum Gasteiger partial charge on any atom is 0.405 e. The molecule has 2 aromatic heterocycles. The molecule has 212 valence electrons. The summed E-state index contributed by atoms with van der Waals surface area (Å²) >= 11 is 0. The standard InChI is InChI=1S/C26H29FN5O5PS2/c1-17(11-32-15-31-24-25(28)29-14-30-26(24)32)35-16-38(34,36-20-7-4-6-19(27)9-20)37-21-10-23(40-39-13-21)22-8-3-2-5-18(22)12-33/h2-9,14-15,17,21,23,33H,10-13,16H2,1H3,(H2,28,29,30)/t17-,21?,23?,38?/m1/s1. The number of nitrogen functional groups attached to an aromatic ring is 1. The fourth-order valence-corrected chi connectivity index (χ4v) is 9.06. The zero-order valence-corrected chi connectivity index (χ0v) is 24.2. The first-order valence-corrected chi connectivity index (χ1v) is 16.7. The fourth-order valence-electron chi connectivity index (χ4n) is 4.36. The van der Waals surface area contributed by atoms with Crippen LogP contribution in [-0.4, -0.2) is 48.9 Å². The average Bonchev–Trinajstić information content (AvgIpc) is 3.36. The van der Waals surface area contributed by atoms with Crippen LogP contribution in [0.25, 0.3) is 11.2 Å². The minimum Gasteiger partial charge on any atom is -0.423 e.